The van der Waals surface area contributed by atoms with E-state index in [-0.39, 0.29) is 17.9 Å². The summed E-state index contributed by atoms with van der Waals surface area (Å²) >= 11 is 5.17. The molecule has 0 bridgehead atoms. The number of benzene rings is 3. The molecule has 1 saturated carbocycles. The number of carbonyl (C=O) groups excluding carboxylic acids is 2. The van der Waals surface area contributed by atoms with Crippen molar-refractivity contribution >= 4 is 39.5 Å². The molecule has 38 heavy (non-hydrogen) atoms. The summed E-state index contributed by atoms with van der Waals surface area (Å²) in [6.07, 6.45) is 4.79. The van der Waals surface area contributed by atoms with E-state index in [0.29, 0.717) is 18.7 Å². The molecular formula is C32H37BrN2O2S. The molecule has 0 spiro atoms. The van der Waals surface area contributed by atoms with E-state index >= 15 is 0 Å². The zero-order valence-electron chi connectivity index (χ0n) is 22.3. The molecule has 1 N–H and O–H groups in total. The fourth-order valence-corrected chi connectivity index (χ4v) is 6.54. The first kappa shape index (κ1) is 28.4. The fraction of sp³-hybridized carbons (Fsp3) is 0.375. The highest BCUT2D eigenvalue weighted by atomic mass is 79.9. The number of nitrogens with one attached hydrogen (secondary N) is 1. The summed E-state index contributed by atoms with van der Waals surface area (Å²) in [6.45, 7) is 4.59. The van der Waals surface area contributed by atoms with Crippen molar-refractivity contribution in [1.29, 1.82) is 0 Å². The number of halogens is 1. The molecule has 1 aliphatic rings. The molecule has 6 heteroatoms. The van der Waals surface area contributed by atoms with Crippen LogP contribution in [0.3, 0.4) is 0 Å². The normalized spacial score (nSPS) is 14.3. The topological polar surface area (TPSA) is 49.4 Å². The van der Waals surface area contributed by atoms with Gasteiger partial charge in [-0.05, 0) is 55.5 Å². The smallest absolute Gasteiger partial charge is 0.243 e. The van der Waals surface area contributed by atoms with Crippen LogP contribution in [-0.2, 0) is 28.3 Å². The summed E-state index contributed by atoms with van der Waals surface area (Å²) in [7, 11) is 0. The average Bonchev–Trinajstić information content (AvgIpc) is 3.39. The zero-order chi connectivity index (χ0) is 26.9. The van der Waals surface area contributed by atoms with Crippen LogP contribution in [0.15, 0.2) is 77.3 Å². The van der Waals surface area contributed by atoms with E-state index in [1.807, 2.05) is 54.6 Å². The molecule has 4 nitrogen and oxygen atoms in total. The Morgan fingerprint density at radius 2 is 1.61 bits per heavy atom. The summed E-state index contributed by atoms with van der Waals surface area (Å²) < 4.78 is 0.960. The van der Waals surface area contributed by atoms with Crippen LogP contribution in [0.1, 0.15) is 53.5 Å². The van der Waals surface area contributed by atoms with Crippen molar-refractivity contribution in [2.24, 2.45) is 0 Å². The van der Waals surface area contributed by atoms with Crippen LogP contribution >= 0.6 is 27.7 Å². The number of thioether (sulfide) groups is 1. The minimum atomic E-state index is -0.578. The molecule has 0 radical (unpaired) electrons. The van der Waals surface area contributed by atoms with Gasteiger partial charge in [0, 0.05) is 29.2 Å². The van der Waals surface area contributed by atoms with Crippen LogP contribution in [0.2, 0.25) is 0 Å². The maximum Gasteiger partial charge on any atom is 0.243 e. The third-order valence-electron chi connectivity index (χ3n) is 6.99. The van der Waals surface area contributed by atoms with Gasteiger partial charge in [-0.25, -0.2) is 0 Å². The van der Waals surface area contributed by atoms with Gasteiger partial charge in [0.1, 0.15) is 6.04 Å². The molecular weight excluding hydrogens is 556 g/mol. The van der Waals surface area contributed by atoms with E-state index in [1.165, 1.54) is 16.7 Å². The second-order valence-electron chi connectivity index (χ2n) is 10.3. The molecule has 4 rings (SSSR count). The quantitative estimate of drug-likeness (QED) is 0.261. The van der Waals surface area contributed by atoms with Crippen molar-refractivity contribution in [2.75, 3.05) is 5.75 Å². The molecule has 1 atom stereocenters. The minimum absolute atomic E-state index is 0.0122. The van der Waals surface area contributed by atoms with Gasteiger partial charge in [-0.15, -0.1) is 11.8 Å². The largest absolute Gasteiger partial charge is 0.352 e. The summed E-state index contributed by atoms with van der Waals surface area (Å²) in [5, 5.41) is 3.28. The Morgan fingerprint density at radius 1 is 0.921 bits per heavy atom. The van der Waals surface area contributed by atoms with Crippen molar-refractivity contribution in [3.8, 4) is 0 Å². The molecule has 3 aromatic carbocycles. The first-order valence-corrected chi connectivity index (χ1v) is 15.4. The minimum Gasteiger partial charge on any atom is -0.352 e. The van der Waals surface area contributed by atoms with Gasteiger partial charge in [-0.1, -0.05) is 101 Å². The first-order chi connectivity index (χ1) is 18.4. The molecule has 2 amide bonds. The maximum atomic E-state index is 13.8. The van der Waals surface area contributed by atoms with Crippen LogP contribution in [0, 0.1) is 13.8 Å². The Kier molecular flexibility index (Phi) is 10.5. The van der Waals surface area contributed by atoms with E-state index in [1.54, 1.807) is 16.7 Å². The third-order valence-corrected chi connectivity index (χ3v) is 8.47. The van der Waals surface area contributed by atoms with Crippen molar-refractivity contribution < 1.29 is 9.59 Å². The van der Waals surface area contributed by atoms with Crippen LogP contribution in [0.25, 0.3) is 0 Å². The van der Waals surface area contributed by atoms with Crippen molar-refractivity contribution in [3.05, 3.63) is 105 Å². The molecule has 1 fully saturated rings. The summed E-state index contributed by atoms with van der Waals surface area (Å²) in [5.41, 5.74) is 5.73. The van der Waals surface area contributed by atoms with Crippen LogP contribution in [-0.4, -0.2) is 34.6 Å². The summed E-state index contributed by atoms with van der Waals surface area (Å²) in [6, 6.07) is 24.1. The van der Waals surface area contributed by atoms with E-state index < -0.39 is 6.04 Å². The lowest BCUT2D eigenvalue weighted by molar-refractivity contribution is -0.139. The molecule has 3 aromatic rings. The Bertz CT molecular complexity index is 1210. The van der Waals surface area contributed by atoms with Crippen LogP contribution in [0.4, 0.5) is 0 Å². The van der Waals surface area contributed by atoms with E-state index in [9.17, 15) is 9.59 Å². The lowest BCUT2D eigenvalue weighted by Crippen LogP contribution is -2.52. The number of carbonyl (C=O) groups is 2. The molecule has 0 saturated heterocycles. The SMILES string of the molecule is Cc1cc(C)cc(CSCC(=O)N(Cc2cccc(Br)c2)C(Cc2ccccc2)C(=O)NC2CCCC2)c1. The highest BCUT2D eigenvalue weighted by Crippen LogP contribution is 2.23. The van der Waals surface area contributed by atoms with Gasteiger partial charge in [-0.2, -0.15) is 0 Å². The van der Waals surface area contributed by atoms with E-state index in [4.69, 9.17) is 0 Å². The lowest BCUT2D eigenvalue weighted by Gasteiger charge is -2.32. The first-order valence-electron chi connectivity index (χ1n) is 13.4. The van der Waals surface area contributed by atoms with Crippen molar-refractivity contribution in [3.63, 3.8) is 0 Å². The standard InChI is InChI=1S/C32H37BrN2O2S/c1-23-15-24(2)17-27(16-23)21-38-22-31(36)35(20-26-11-8-12-28(33)18-26)30(19-25-9-4-3-5-10-25)32(37)34-29-13-6-7-14-29/h3-5,8-12,15-18,29-30H,6-7,13-14,19-22H2,1-2H3,(H,34,37). The molecule has 0 aromatic heterocycles. The Hall–Kier alpha value is -2.57. The number of nitrogens with zero attached hydrogens (tertiary/aromatic N) is 1. The zero-order valence-corrected chi connectivity index (χ0v) is 24.7. The third kappa shape index (κ3) is 8.47. The monoisotopic (exact) mass is 592 g/mol. The van der Waals surface area contributed by atoms with Crippen LogP contribution < -0.4 is 5.32 Å². The highest BCUT2D eigenvalue weighted by Gasteiger charge is 2.32. The second kappa shape index (κ2) is 14.0. The molecule has 200 valence electrons. The number of hydrogen-bond acceptors (Lipinski definition) is 3. The maximum absolute atomic E-state index is 13.8. The Balaban J connectivity index is 1.56. The van der Waals surface area contributed by atoms with Crippen molar-refractivity contribution in [1.82, 2.24) is 10.2 Å². The Labute approximate surface area is 239 Å². The van der Waals surface area contributed by atoms with Gasteiger partial charge in [-0.3, -0.25) is 9.59 Å². The van der Waals surface area contributed by atoms with Gasteiger partial charge in [0.25, 0.3) is 0 Å². The second-order valence-corrected chi connectivity index (χ2v) is 12.2. The van der Waals surface area contributed by atoms with Crippen molar-refractivity contribution in [2.45, 2.75) is 70.3 Å². The average molecular weight is 594 g/mol. The highest BCUT2D eigenvalue weighted by molar-refractivity contribution is 9.10. The van der Waals surface area contributed by atoms with Crippen LogP contribution in [0.5, 0.6) is 0 Å². The number of rotatable bonds is 11. The predicted octanol–water partition coefficient (Wildman–Crippen LogP) is 7.00. The predicted molar refractivity (Wildman–Crippen MR) is 161 cm³/mol. The van der Waals surface area contributed by atoms with E-state index in [2.05, 4.69) is 53.3 Å². The van der Waals surface area contributed by atoms with Gasteiger partial charge in [0.2, 0.25) is 11.8 Å². The van der Waals surface area contributed by atoms with Gasteiger partial charge >= 0.3 is 0 Å². The molecule has 1 unspecified atom stereocenters. The Morgan fingerprint density at radius 3 is 2.29 bits per heavy atom. The number of aryl methyl sites for hydroxylation is 2. The molecule has 0 heterocycles. The summed E-state index contributed by atoms with van der Waals surface area (Å²) in [4.78, 5) is 29.4. The van der Waals surface area contributed by atoms with E-state index in [0.717, 1.165) is 47.0 Å². The molecule has 0 aliphatic heterocycles. The van der Waals surface area contributed by atoms with Gasteiger partial charge < -0.3 is 10.2 Å². The number of hydrogen-bond donors (Lipinski definition) is 1. The number of amides is 2. The van der Waals surface area contributed by atoms with Gasteiger partial charge in [0.05, 0.1) is 5.75 Å². The lowest BCUT2D eigenvalue weighted by atomic mass is 10.0. The molecule has 1 aliphatic carbocycles. The fourth-order valence-electron chi connectivity index (χ4n) is 5.24. The van der Waals surface area contributed by atoms with Gasteiger partial charge in [0.15, 0.2) is 0 Å². The summed E-state index contributed by atoms with van der Waals surface area (Å²) in [5.74, 6) is 1.02.